The Morgan fingerprint density at radius 3 is 2.62 bits per heavy atom. The number of nitrogens with zero attached hydrogens (tertiary/aromatic N) is 1. The Balaban J connectivity index is 3.13. The first-order valence-electron chi connectivity index (χ1n) is 4.76. The van der Waals surface area contributed by atoms with Gasteiger partial charge in [-0.05, 0) is 31.5 Å². The minimum absolute atomic E-state index is 0.342. The Kier molecular flexibility index (Phi) is 3.75. The van der Waals surface area contributed by atoms with Crippen LogP contribution in [0.4, 0.5) is 10.1 Å². The summed E-state index contributed by atoms with van der Waals surface area (Å²) in [6, 6.07) is 1.97. The summed E-state index contributed by atoms with van der Waals surface area (Å²) in [6.07, 6.45) is 0. The molecule has 0 fully saturated rings. The van der Waals surface area contributed by atoms with E-state index in [1.807, 2.05) is 0 Å². The van der Waals surface area contributed by atoms with E-state index in [9.17, 15) is 9.18 Å². The number of aliphatic carboxylic acids is 1. The molecule has 1 unspecified atom stereocenters. The molecule has 0 spiro atoms. The molecule has 0 radical (unpaired) electrons. The van der Waals surface area contributed by atoms with Crippen LogP contribution in [0.25, 0.3) is 0 Å². The number of carboxylic acids is 1. The highest BCUT2D eigenvalue weighted by Gasteiger charge is 2.20. The summed E-state index contributed by atoms with van der Waals surface area (Å²) in [7, 11) is 1.56. The highest BCUT2D eigenvalue weighted by Crippen LogP contribution is 2.29. The third kappa shape index (κ3) is 2.44. The Hall–Kier alpha value is -1.29. The van der Waals surface area contributed by atoms with E-state index < -0.39 is 17.8 Å². The molecule has 1 aromatic rings. The SMILES string of the molecule is Cc1cc(Cl)c(N(C)C(C)C(=O)O)cc1F. The Bertz CT molecular complexity index is 423. The van der Waals surface area contributed by atoms with Crippen LogP contribution in [-0.2, 0) is 4.79 Å². The van der Waals surface area contributed by atoms with Crippen molar-refractivity contribution in [2.45, 2.75) is 19.9 Å². The fourth-order valence-corrected chi connectivity index (χ4v) is 1.63. The minimum atomic E-state index is -0.987. The van der Waals surface area contributed by atoms with Gasteiger partial charge in [-0.1, -0.05) is 11.6 Å². The fraction of sp³-hybridized carbons (Fsp3) is 0.364. The van der Waals surface area contributed by atoms with Crippen LogP contribution in [0.2, 0.25) is 5.02 Å². The average Bonchev–Trinajstić information content (AvgIpc) is 2.21. The first-order valence-corrected chi connectivity index (χ1v) is 5.13. The van der Waals surface area contributed by atoms with Gasteiger partial charge < -0.3 is 10.0 Å². The number of aryl methyl sites for hydroxylation is 1. The molecular formula is C11H13ClFNO2. The maximum absolute atomic E-state index is 13.4. The maximum Gasteiger partial charge on any atom is 0.326 e. The van der Waals surface area contributed by atoms with Crippen molar-refractivity contribution in [1.82, 2.24) is 0 Å². The maximum atomic E-state index is 13.4. The summed E-state index contributed by atoms with van der Waals surface area (Å²) >= 11 is 5.94. The van der Waals surface area contributed by atoms with E-state index in [0.717, 1.165) is 0 Å². The molecule has 0 aromatic heterocycles. The minimum Gasteiger partial charge on any atom is -0.480 e. The van der Waals surface area contributed by atoms with Crippen LogP contribution in [0, 0.1) is 12.7 Å². The topological polar surface area (TPSA) is 40.5 Å². The van der Waals surface area contributed by atoms with Crippen molar-refractivity contribution in [3.05, 3.63) is 28.5 Å². The van der Waals surface area contributed by atoms with Crippen LogP contribution in [0.15, 0.2) is 12.1 Å². The average molecular weight is 246 g/mol. The second kappa shape index (κ2) is 4.70. The van der Waals surface area contributed by atoms with Crippen molar-refractivity contribution in [2.24, 2.45) is 0 Å². The summed E-state index contributed by atoms with van der Waals surface area (Å²) in [5.74, 6) is -1.39. The molecule has 1 atom stereocenters. The van der Waals surface area contributed by atoms with Crippen LogP contribution in [0.5, 0.6) is 0 Å². The molecule has 0 saturated carbocycles. The molecule has 1 N–H and O–H groups in total. The first-order chi connectivity index (χ1) is 7.34. The molecule has 0 bridgehead atoms. The Morgan fingerprint density at radius 1 is 1.56 bits per heavy atom. The number of likely N-dealkylation sites (N-methyl/N-ethyl adjacent to an activating group) is 1. The molecule has 0 heterocycles. The van der Waals surface area contributed by atoms with Gasteiger partial charge in [-0.3, -0.25) is 0 Å². The molecule has 3 nitrogen and oxygen atoms in total. The Morgan fingerprint density at radius 2 is 2.12 bits per heavy atom. The fourth-order valence-electron chi connectivity index (χ4n) is 1.28. The molecule has 1 aromatic carbocycles. The van der Waals surface area contributed by atoms with Gasteiger partial charge in [0, 0.05) is 7.05 Å². The highest BCUT2D eigenvalue weighted by atomic mass is 35.5. The number of carbonyl (C=O) groups is 1. The summed E-state index contributed by atoms with van der Waals surface area (Å²) in [6.45, 7) is 3.11. The lowest BCUT2D eigenvalue weighted by Crippen LogP contribution is -2.36. The van der Waals surface area contributed by atoms with Crippen LogP contribution < -0.4 is 4.90 Å². The molecule has 0 aliphatic carbocycles. The van der Waals surface area contributed by atoms with Crippen molar-refractivity contribution in [3.8, 4) is 0 Å². The van der Waals surface area contributed by atoms with Gasteiger partial charge in [0.05, 0.1) is 10.7 Å². The lowest BCUT2D eigenvalue weighted by molar-refractivity contribution is -0.138. The van der Waals surface area contributed by atoms with E-state index in [1.54, 1.807) is 14.0 Å². The molecule has 0 aliphatic rings. The van der Waals surface area contributed by atoms with E-state index in [-0.39, 0.29) is 0 Å². The third-order valence-electron chi connectivity index (χ3n) is 2.55. The zero-order valence-electron chi connectivity index (χ0n) is 9.29. The number of benzene rings is 1. The summed E-state index contributed by atoms with van der Waals surface area (Å²) in [5, 5.41) is 9.19. The number of halogens is 2. The second-order valence-corrected chi connectivity index (χ2v) is 4.09. The standard InChI is InChI=1S/C11H13ClFNO2/c1-6-4-8(12)10(5-9(6)13)14(3)7(2)11(15)16/h4-5,7H,1-3H3,(H,15,16). The van der Waals surface area contributed by atoms with Crippen molar-refractivity contribution >= 4 is 23.3 Å². The van der Waals surface area contributed by atoms with Crippen molar-refractivity contribution < 1.29 is 14.3 Å². The predicted molar refractivity (Wildman–Crippen MR) is 61.6 cm³/mol. The number of hydrogen-bond acceptors (Lipinski definition) is 2. The van der Waals surface area contributed by atoms with Crippen molar-refractivity contribution in [2.75, 3.05) is 11.9 Å². The smallest absolute Gasteiger partial charge is 0.326 e. The van der Waals surface area contributed by atoms with Gasteiger partial charge >= 0.3 is 5.97 Å². The first kappa shape index (κ1) is 12.8. The predicted octanol–water partition coefficient (Wildman–Crippen LogP) is 2.70. The molecule has 88 valence electrons. The summed E-state index contributed by atoms with van der Waals surface area (Å²) in [4.78, 5) is 12.2. The molecule has 0 saturated heterocycles. The van der Waals surface area contributed by atoms with Gasteiger partial charge in [-0.2, -0.15) is 0 Å². The van der Waals surface area contributed by atoms with Crippen LogP contribution in [0.1, 0.15) is 12.5 Å². The van der Waals surface area contributed by atoms with Crippen LogP contribution in [0.3, 0.4) is 0 Å². The van der Waals surface area contributed by atoms with Crippen molar-refractivity contribution in [3.63, 3.8) is 0 Å². The Labute approximate surface area is 98.4 Å². The number of rotatable bonds is 3. The van der Waals surface area contributed by atoms with Gasteiger partial charge in [-0.15, -0.1) is 0 Å². The molecule has 16 heavy (non-hydrogen) atoms. The van der Waals surface area contributed by atoms with Gasteiger partial charge in [0.25, 0.3) is 0 Å². The second-order valence-electron chi connectivity index (χ2n) is 3.68. The van der Waals surface area contributed by atoms with Gasteiger partial charge in [-0.25, -0.2) is 9.18 Å². The molecule has 0 amide bonds. The quantitative estimate of drug-likeness (QED) is 0.890. The van der Waals surface area contributed by atoms with Gasteiger partial charge in [0.2, 0.25) is 0 Å². The van der Waals surface area contributed by atoms with E-state index in [1.165, 1.54) is 24.0 Å². The van der Waals surface area contributed by atoms with Gasteiger partial charge in [0.15, 0.2) is 0 Å². The van der Waals surface area contributed by atoms with Crippen LogP contribution >= 0.6 is 11.6 Å². The zero-order valence-corrected chi connectivity index (χ0v) is 10.0. The molecule has 0 aliphatic heterocycles. The van der Waals surface area contributed by atoms with Gasteiger partial charge in [0.1, 0.15) is 11.9 Å². The molecule has 1 rings (SSSR count). The summed E-state index contributed by atoms with van der Waals surface area (Å²) in [5.41, 5.74) is 0.810. The lowest BCUT2D eigenvalue weighted by Gasteiger charge is -2.25. The van der Waals surface area contributed by atoms with Crippen LogP contribution in [-0.4, -0.2) is 24.2 Å². The normalized spacial score (nSPS) is 12.3. The largest absolute Gasteiger partial charge is 0.480 e. The monoisotopic (exact) mass is 245 g/mol. The highest BCUT2D eigenvalue weighted by molar-refractivity contribution is 6.33. The van der Waals surface area contributed by atoms with E-state index in [0.29, 0.717) is 16.3 Å². The number of hydrogen-bond donors (Lipinski definition) is 1. The number of carboxylic acid groups (broad SMARTS) is 1. The van der Waals surface area contributed by atoms with E-state index in [4.69, 9.17) is 16.7 Å². The molecular weight excluding hydrogens is 233 g/mol. The van der Waals surface area contributed by atoms with E-state index in [2.05, 4.69) is 0 Å². The molecule has 5 heteroatoms. The third-order valence-corrected chi connectivity index (χ3v) is 2.85. The van der Waals surface area contributed by atoms with E-state index >= 15 is 0 Å². The summed E-state index contributed by atoms with van der Waals surface area (Å²) < 4.78 is 13.4. The zero-order chi connectivity index (χ0) is 12.5. The number of anilines is 1. The van der Waals surface area contributed by atoms with Crippen molar-refractivity contribution in [1.29, 1.82) is 0 Å². The lowest BCUT2D eigenvalue weighted by atomic mass is 10.2.